The maximum absolute atomic E-state index is 12.5. The fourth-order valence-corrected chi connectivity index (χ4v) is 3.50. The van der Waals surface area contributed by atoms with Gasteiger partial charge in [-0.25, -0.2) is 0 Å². The highest BCUT2D eigenvalue weighted by Crippen LogP contribution is 2.28. The second kappa shape index (κ2) is 8.79. The molecule has 3 rings (SSSR count). The van der Waals surface area contributed by atoms with Gasteiger partial charge in [-0.3, -0.25) is 20.6 Å². The number of carbonyl (C=O) groups excluding carboxylic acids is 1. The summed E-state index contributed by atoms with van der Waals surface area (Å²) < 4.78 is 1.43. The van der Waals surface area contributed by atoms with E-state index >= 15 is 0 Å². The molecule has 0 bridgehead atoms. The molecule has 0 aliphatic heterocycles. The van der Waals surface area contributed by atoms with Gasteiger partial charge in [-0.1, -0.05) is 62.3 Å². The van der Waals surface area contributed by atoms with Crippen LogP contribution in [-0.4, -0.2) is 15.8 Å². The molecule has 3 aromatic rings. The van der Waals surface area contributed by atoms with Crippen LogP contribution in [0.25, 0.3) is 10.6 Å². The van der Waals surface area contributed by atoms with Crippen LogP contribution >= 0.6 is 11.3 Å². The molecule has 152 valence electrons. The Morgan fingerprint density at radius 1 is 1.21 bits per heavy atom. The van der Waals surface area contributed by atoms with E-state index in [-0.39, 0.29) is 46.0 Å². The van der Waals surface area contributed by atoms with Crippen LogP contribution in [-0.2, 0) is 12.0 Å². The minimum Gasteiger partial charge on any atom is -1.00 e. The summed E-state index contributed by atoms with van der Waals surface area (Å²) >= 11 is 1.30. The van der Waals surface area contributed by atoms with Crippen molar-refractivity contribution in [3.63, 3.8) is 0 Å². The van der Waals surface area contributed by atoms with E-state index in [1.807, 2.05) is 12.1 Å². The molecule has 0 spiro atoms. The number of benzene rings is 2. The standard InChI is InChI=1S/C20H20N4O3S.BrH/c1-20(2,3)15-9-7-13(8-10-15)18-22-23(19(21)28-18)12-17(25)14-5-4-6-16(11-14)24(26)27;/h4-11,21H,12H2,1-3H3;1H. The van der Waals surface area contributed by atoms with E-state index in [1.54, 1.807) is 6.07 Å². The normalized spacial score (nSPS) is 11.0. The van der Waals surface area contributed by atoms with Crippen molar-refractivity contribution in [1.82, 2.24) is 5.10 Å². The number of anilines is 1. The van der Waals surface area contributed by atoms with Gasteiger partial charge in [0.25, 0.3) is 5.69 Å². The number of nitro benzene ring substituents is 1. The van der Waals surface area contributed by atoms with Gasteiger partial charge in [0.05, 0.1) is 4.92 Å². The fraction of sp³-hybridized carbons (Fsp3) is 0.250. The van der Waals surface area contributed by atoms with Crippen LogP contribution in [0.15, 0.2) is 48.5 Å². The van der Waals surface area contributed by atoms with Crippen molar-refractivity contribution in [2.75, 3.05) is 5.73 Å². The number of hydrogen-bond acceptors (Lipinski definition) is 6. The van der Waals surface area contributed by atoms with E-state index in [0.717, 1.165) is 5.56 Å². The van der Waals surface area contributed by atoms with Gasteiger partial charge >= 0.3 is 5.13 Å². The maximum Gasteiger partial charge on any atom is 0.354 e. The van der Waals surface area contributed by atoms with Crippen molar-refractivity contribution < 1.29 is 31.4 Å². The Kier molecular flexibility index (Phi) is 6.86. The summed E-state index contributed by atoms with van der Waals surface area (Å²) in [5, 5.41) is 16.5. The number of nitrogens with two attached hydrogens (primary N) is 1. The van der Waals surface area contributed by atoms with E-state index < -0.39 is 4.92 Å². The third-order valence-corrected chi connectivity index (χ3v) is 5.27. The zero-order valence-electron chi connectivity index (χ0n) is 16.3. The number of nitrogen functional groups attached to an aromatic ring is 1. The summed E-state index contributed by atoms with van der Waals surface area (Å²) in [4.78, 5) is 22.9. The Bertz CT molecular complexity index is 1040. The molecule has 29 heavy (non-hydrogen) atoms. The van der Waals surface area contributed by atoms with Gasteiger partial charge in [0.1, 0.15) is 0 Å². The molecule has 1 heterocycles. The molecule has 0 saturated carbocycles. The van der Waals surface area contributed by atoms with Crippen LogP contribution in [0, 0.1) is 10.1 Å². The summed E-state index contributed by atoms with van der Waals surface area (Å²) in [7, 11) is 0. The topological polar surface area (TPSA) is 103 Å². The lowest BCUT2D eigenvalue weighted by atomic mass is 9.87. The zero-order valence-corrected chi connectivity index (χ0v) is 18.7. The van der Waals surface area contributed by atoms with Crippen LogP contribution in [0.5, 0.6) is 0 Å². The average molecular weight is 477 g/mol. The zero-order chi connectivity index (χ0) is 20.5. The first-order valence-electron chi connectivity index (χ1n) is 8.70. The molecular weight excluding hydrogens is 456 g/mol. The molecule has 0 aliphatic carbocycles. The van der Waals surface area contributed by atoms with Gasteiger partial charge < -0.3 is 17.0 Å². The van der Waals surface area contributed by atoms with Crippen molar-refractivity contribution in [2.45, 2.75) is 32.7 Å². The Balaban J connectivity index is 0.00000300. The first-order valence-corrected chi connectivity index (χ1v) is 9.52. The van der Waals surface area contributed by atoms with Crippen molar-refractivity contribution in [1.29, 1.82) is 0 Å². The summed E-state index contributed by atoms with van der Waals surface area (Å²) in [6, 6.07) is 13.7. The van der Waals surface area contributed by atoms with Gasteiger partial charge in [-0.05, 0) is 22.3 Å². The summed E-state index contributed by atoms with van der Waals surface area (Å²) in [6.07, 6.45) is 0. The van der Waals surface area contributed by atoms with Crippen molar-refractivity contribution in [3.05, 3.63) is 69.8 Å². The van der Waals surface area contributed by atoms with Gasteiger partial charge in [0, 0.05) is 23.3 Å². The number of aromatic nitrogens is 2. The van der Waals surface area contributed by atoms with Crippen LogP contribution in [0.2, 0.25) is 0 Å². The molecule has 2 aromatic carbocycles. The van der Waals surface area contributed by atoms with E-state index in [4.69, 9.17) is 5.73 Å². The molecule has 0 fully saturated rings. The third-order valence-electron chi connectivity index (χ3n) is 4.34. The molecule has 0 unspecified atom stereocenters. The number of non-ortho nitro benzene ring substituents is 1. The minimum absolute atomic E-state index is 0. The molecule has 2 N–H and O–H groups in total. The number of ketones is 1. The minimum atomic E-state index is -0.527. The number of halogens is 1. The predicted molar refractivity (Wildman–Crippen MR) is 108 cm³/mol. The molecule has 0 atom stereocenters. The number of nitro groups is 1. The average Bonchev–Trinajstić information content (AvgIpc) is 3.01. The lowest BCUT2D eigenvalue weighted by Crippen LogP contribution is -3.00. The van der Waals surface area contributed by atoms with Crippen LogP contribution < -0.4 is 27.4 Å². The Labute approximate surface area is 183 Å². The quantitative estimate of drug-likeness (QED) is 0.253. The van der Waals surface area contributed by atoms with Gasteiger partial charge in [0.2, 0.25) is 5.78 Å². The first-order chi connectivity index (χ1) is 13.1. The summed E-state index contributed by atoms with van der Waals surface area (Å²) in [5.41, 5.74) is 8.37. The highest BCUT2D eigenvalue weighted by atomic mass is 79.9. The van der Waals surface area contributed by atoms with Crippen LogP contribution in [0.3, 0.4) is 0 Å². The predicted octanol–water partition coefficient (Wildman–Crippen LogP) is 0.772. The van der Waals surface area contributed by atoms with E-state index in [0.29, 0.717) is 10.1 Å². The fourth-order valence-electron chi connectivity index (χ4n) is 2.69. The molecule has 0 radical (unpaired) electrons. The SMILES string of the molecule is CC(C)(C)c1ccc(-c2n[n+](CC(=O)c3cccc([N+](=O)[O-])c3)c(N)s2)cc1.[Br-]. The van der Waals surface area contributed by atoms with E-state index in [1.165, 1.54) is 39.8 Å². The Morgan fingerprint density at radius 2 is 1.86 bits per heavy atom. The lowest BCUT2D eigenvalue weighted by Gasteiger charge is -2.18. The Morgan fingerprint density at radius 3 is 2.45 bits per heavy atom. The number of carbonyl (C=O) groups is 1. The first kappa shape index (κ1) is 22.6. The second-order valence-corrected chi connectivity index (χ2v) is 8.47. The maximum atomic E-state index is 12.5. The number of nitrogens with zero attached hydrogens (tertiary/aromatic N) is 3. The third kappa shape index (κ3) is 5.24. The number of rotatable bonds is 5. The molecule has 0 saturated heterocycles. The summed E-state index contributed by atoms with van der Waals surface area (Å²) in [6.45, 7) is 6.37. The van der Waals surface area contributed by atoms with Gasteiger partial charge in [-0.2, -0.15) is 0 Å². The van der Waals surface area contributed by atoms with E-state index in [2.05, 4.69) is 38.0 Å². The van der Waals surface area contributed by atoms with E-state index in [9.17, 15) is 14.9 Å². The van der Waals surface area contributed by atoms with Crippen LogP contribution in [0.4, 0.5) is 10.8 Å². The van der Waals surface area contributed by atoms with Crippen molar-refractivity contribution in [2.24, 2.45) is 0 Å². The molecular formula is C20H21BrN4O3S. The molecule has 7 nitrogen and oxygen atoms in total. The van der Waals surface area contributed by atoms with Gasteiger partial charge in [0.15, 0.2) is 11.6 Å². The Hall–Kier alpha value is -2.65. The lowest BCUT2D eigenvalue weighted by molar-refractivity contribution is -0.722. The number of hydrogen-bond donors (Lipinski definition) is 1. The number of Topliss-reactive ketones (excluding diaryl/α,β-unsaturated/α-hetero) is 1. The van der Waals surface area contributed by atoms with Crippen molar-refractivity contribution in [3.8, 4) is 10.6 Å². The summed E-state index contributed by atoms with van der Waals surface area (Å²) in [5.74, 6) is -0.291. The molecule has 9 heteroatoms. The highest BCUT2D eigenvalue weighted by Gasteiger charge is 2.21. The van der Waals surface area contributed by atoms with Gasteiger partial charge in [-0.15, -0.1) is 4.68 Å². The van der Waals surface area contributed by atoms with Crippen molar-refractivity contribution >= 4 is 27.9 Å². The largest absolute Gasteiger partial charge is 1.00 e. The highest BCUT2D eigenvalue weighted by molar-refractivity contribution is 7.17. The van der Waals surface area contributed by atoms with Crippen LogP contribution in [0.1, 0.15) is 36.7 Å². The smallest absolute Gasteiger partial charge is 0.354 e. The molecule has 0 aliphatic rings. The molecule has 0 amide bonds. The molecule has 1 aromatic heterocycles. The second-order valence-electron chi connectivity index (χ2n) is 7.46. The monoisotopic (exact) mass is 476 g/mol.